The average Bonchev–Trinajstić information content (AvgIpc) is 2.75. The molecule has 0 aliphatic heterocycles. The van der Waals surface area contributed by atoms with Crippen molar-refractivity contribution >= 4 is 38.9 Å². The van der Waals surface area contributed by atoms with Crippen molar-refractivity contribution in [3.8, 4) is 0 Å². The number of hydrogen-bond acceptors (Lipinski definition) is 7. The van der Waals surface area contributed by atoms with Crippen molar-refractivity contribution in [1.82, 2.24) is 19.7 Å². The number of aromatic nitrogens is 4. The molecule has 3 N–H and O–H groups in total. The number of sulfone groups is 1. The predicted molar refractivity (Wildman–Crippen MR) is 80.3 cm³/mol. The second-order valence-corrected chi connectivity index (χ2v) is 7.49. The van der Waals surface area contributed by atoms with Gasteiger partial charge in [0.1, 0.15) is 5.02 Å². The fraction of sp³-hybridized carbons (Fsp3) is 0.364. The van der Waals surface area contributed by atoms with Crippen molar-refractivity contribution < 1.29 is 8.42 Å². The van der Waals surface area contributed by atoms with Gasteiger partial charge in [-0.05, 0) is 13.8 Å². The van der Waals surface area contributed by atoms with Gasteiger partial charge in [-0.25, -0.2) is 13.4 Å². The number of rotatable bonds is 4. The van der Waals surface area contributed by atoms with E-state index in [0.29, 0.717) is 0 Å². The summed E-state index contributed by atoms with van der Waals surface area (Å²) in [5.74, 6) is 0.247. The Kier molecular flexibility index (Phi) is 4.06. The summed E-state index contributed by atoms with van der Waals surface area (Å²) in [4.78, 5) is 7.68. The van der Waals surface area contributed by atoms with Gasteiger partial charge in [0.15, 0.2) is 5.82 Å². The molecule has 114 valence electrons. The SMILES string of the molecule is CC(C)S(=O)(=O)c1nn(C)cc1Nc1nc(N)ncc1Cl. The van der Waals surface area contributed by atoms with Crippen molar-refractivity contribution in [2.75, 3.05) is 11.1 Å². The number of halogens is 1. The van der Waals surface area contributed by atoms with Gasteiger partial charge in [-0.2, -0.15) is 10.1 Å². The van der Waals surface area contributed by atoms with Crippen molar-refractivity contribution in [3.63, 3.8) is 0 Å². The van der Waals surface area contributed by atoms with E-state index in [9.17, 15) is 8.42 Å². The molecule has 0 amide bonds. The molecule has 0 saturated heterocycles. The number of nitrogen functional groups attached to an aromatic ring is 1. The van der Waals surface area contributed by atoms with Crippen LogP contribution < -0.4 is 11.1 Å². The maximum absolute atomic E-state index is 12.3. The predicted octanol–water partition coefficient (Wildman–Crippen LogP) is 1.37. The van der Waals surface area contributed by atoms with Crippen molar-refractivity contribution in [2.45, 2.75) is 24.1 Å². The van der Waals surface area contributed by atoms with E-state index in [4.69, 9.17) is 17.3 Å². The maximum Gasteiger partial charge on any atom is 0.222 e. The standard InChI is InChI=1S/C11H15ClN6O2S/c1-6(2)21(19,20)10-8(5-18(3)17-10)15-9-7(12)4-14-11(13)16-9/h4-6H,1-3H3,(H3,13,14,15,16). The molecule has 2 heterocycles. The van der Waals surface area contributed by atoms with Crippen LogP contribution in [0.3, 0.4) is 0 Å². The van der Waals surface area contributed by atoms with Crippen LogP contribution in [0.5, 0.6) is 0 Å². The Balaban J connectivity index is 2.49. The van der Waals surface area contributed by atoms with Gasteiger partial charge in [0.2, 0.25) is 20.8 Å². The monoisotopic (exact) mass is 330 g/mol. The Hall–Kier alpha value is -1.87. The lowest BCUT2D eigenvalue weighted by atomic mass is 10.5. The fourth-order valence-corrected chi connectivity index (χ4v) is 2.82. The van der Waals surface area contributed by atoms with E-state index in [1.807, 2.05) is 0 Å². The summed E-state index contributed by atoms with van der Waals surface area (Å²) in [6.45, 7) is 3.17. The average molecular weight is 331 g/mol. The zero-order chi connectivity index (χ0) is 15.8. The molecule has 0 aliphatic rings. The fourth-order valence-electron chi connectivity index (χ4n) is 1.58. The van der Waals surface area contributed by atoms with Crippen LogP contribution in [0.15, 0.2) is 17.4 Å². The Morgan fingerprint density at radius 3 is 2.71 bits per heavy atom. The third-order valence-electron chi connectivity index (χ3n) is 2.70. The number of nitrogens with one attached hydrogen (secondary N) is 1. The second-order valence-electron chi connectivity index (χ2n) is 4.67. The van der Waals surface area contributed by atoms with Gasteiger partial charge in [0.25, 0.3) is 0 Å². The number of hydrogen-bond donors (Lipinski definition) is 2. The van der Waals surface area contributed by atoms with Gasteiger partial charge >= 0.3 is 0 Å². The number of nitrogens with two attached hydrogens (primary N) is 1. The highest BCUT2D eigenvalue weighted by atomic mass is 35.5. The van der Waals surface area contributed by atoms with E-state index < -0.39 is 15.1 Å². The summed E-state index contributed by atoms with van der Waals surface area (Å²) in [5.41, 5.74) is 5.78. The highest BCUT2D eigenvalue weighted by molar-refractivity contribution is 7.92. The van der Waals surface area contributed by atoms with Crippen molar-refractivity contribution in [1.29, 1.82) is 0 Å². The van der Waals surface area contributed by atoms with Crippen molar-refractivity contribution in [3.05, 3.63) is 17.4 Å². The first kappa shape index (κ1) is 15.5. The summed E-state index contributed by atoms with van der Waals surface area (Å²) >= 11 is 5.96. The van der Waals surface area contributed by atoms with E-state index in [1.165, 1.54) is 17.1 Å². The normalized spacial score (nSPS) is 11.9. The summed E-state index contributed by atoms with van der Waals surface area (Å²) in [7, 11) is -1.92. The molecule has 2 aromatic rings. The van der Waals surface area contributed by atoms with Gasteiger partial charge in [-0.3, -0.25) is 4.68 Å². The largest absolute Gasteiger partial charge is 0.368 e. The molecular formula is C11H15ClN6O2S. The van der Waals surface area contributed by atoms with Crippen LogP contribution in [0.2, 0.25) is 5.02 Å². The van der Waals surface area contributed by atoms with Crippen LogP contribution in [-0.2, 0) is 16.9 Å². The molecule has 8 nitrogen and oxygen atoms in total. The first-order chi connectivity index (χ1) is 9.71. The molecule has 2 rings (SSSR count). The first-order valence-electron chi connectivity index (χ1n) is 6.04. The van der Waals surface area contributed by atoms with E-state index in [-0.39, 0.29) is 27.5 Å². The number of anilines is 3. The van der Waals surface area contributed by atoms with Gasteiger partial charge in [0, 0.05) is 13.2 Å². The highest BCUT2D eigenvalue weighted by Gasteiger charge is 2.27. The highest BCUT2D eigenvalue weighted by Crippen LogP contribution is 2.28. The topological polar surface area (TPSA) is 116 Å². The molecule has 0 bridgehead atoms. The molecule has 0 unspecified atom stereocenters. The molecule has 0 aliphatic carbocycles. The minimum atomic E-state index is -3.54. The van der Waals surface area contributed by atoms with Crippen LogP contribution in [0.1, 0.15) is 13.8 Å². The molecule has 0 radical (unpaired) electrons. The molecule has 10 heteroatoms. The Labute approximate surface area is 127 Å². The quantitative estimate of drug-likeness (QED) is 0.869. The van der Waals surface area contributed by atoms with Gasteiger partial charge in [0.05, 0.1) is 17.1 Å². The lowest BCUT2D eigenvalue weighted by molar-refractivity contribution is 0.579. The summed E-state index contributed by atoms with van der Waals surface area (Å²) in [5, 5.41) is 6.40. The van der Waals surface area contributed by atoms with Crippen LogP contribution in [0.4, 0.5) is 17.5 Å². The second kappa shape index (κ2) is 5.49. The van der Waals surface area contributed by atoms with Gasteiger partial charge in [-0.15, -0.1) is 0 Å². The van der Waals surface area contributed by atoms with Gasteiger partial charge in [-0.1, -0.05) is 11.6 Å². The first-order valence-corrected chi connectivity index (χ1v) is 7.97. The Bertz CT molecular complexity index is 771. The molecule has 2 aromatic heterocycles. The zero-order valence-corrected chi connectivity index (χ0v) is 13.3. The van der Waals surface area contributed by atoms with E-state index in [1.54, 1.807) is 20.9 Å². The maximum atomic E-state index is 12.3. The lowest BCUT2D eigenvalue weighted by Crippen LogP contribution is -2.16. The summed E-state index contributed by atoms with van der Waals surface area (Å²) in [6, 6.07) is 0. The van der Waals surface area contributed by atoms with Crippen LogP contribution in [0, 0.1) is 0 Å². The van der Waals surface area contributed by atoms with E-state index >= 15 is 0 Å². The smallest absolute Gasteiger partial charge is 0.222 e. The molecular weight excluding hydrogens is 316 g/mol. The molecule has 0 aromatic carbocycles. The summed E-state index contributed by atoms with van der Waals surface area (Å²) < 4.78 is 26.0. The minimum Gasteiger partial charge on any atom is -0.368 e. The van der Waals surface area contributed by atoms with Crippen LogP contribution in [0.25, 0.3) is 0 Å². The zero-order valence-electron chi connectivity index (χ0n) is 11.7. The molecule has 0 spiro atoms. The summed E-state index contributed by atoms with van der Waals surface area (Å²) in [6.07, 6.45) is 2.86. The van der Waals surface area contributed by atoms with Crippen molar-refractivity contribution in [2.24, 2.45) is 7.05 Å². The minimum absolute atomic E-state index is 0.0269. The number of nitrogens with zero attached hydrogens (tertiary/aromatic N) is 4. The molecule has 0 saturated carbocycles. The van der Waals surface area contributed by atoms with E-state index in [0.717, 1.165) is 0 Å². The molecule has 0 fully saturated rings. The van der Waals surface area contributed by atoms with Crippen LogP contribution >= 0.6 is 11.6 Å². The van der Waals surface area contributed by atoms with Crippen LogP contribution in [-0.4, -0.2) is 33.4 Å². The lowest BCUT2D eigenvalue weighted by Gasteiger charge is -2.09. The molecule has 0 atom stereocenters. The Morgan fingerprint density at radius 1 is 1.43 bits per heavy atom. The third kappa shape index (κ3) is 3.08. The Morgan fingerprint density at radius 2 is 2.10 bits per heavy atom. The number of aryl methyl sites for hydroxylation is 1. The third-order valence-corrected chi connectivity index (χ3v) is 5.06. The van der Waals surface area contributed by atoms with E-state index in [2.05, 4.69) is 20.4 Å². The van der Waals surface area contributed by atoms with Gasteiger partial charge < -0.3 is 11.1 Å². The molecule has 21 heavy (non-hydrogen) atoms.